The van der Waals surface area contributed by atoms with Gasteiger partial charge in [0.1, 0.15) is 21.0 Å². The molecule has 2 heterocycles. The second-order valence-corrected chi connectivity index (χ2v) is 5.85. The van der Waals surface area contributed by atoms with Crippen molar-refractivity contribution < 1.29 is 19.8 Å². The fraction of sp³-hybridized carbons (Fsp3) is 0. The van der Waals surface area contributed by atoms with Crippen LogP contribution in [0, 0.1) is 0 Å². The van der Waals surface area contributed by atoms with E-state index < -0.39 is 11.9 Å². The molecule has 3 N–H and O–H groups in total. The van der Waals surface area contributed by atoms with E-state index in [1.54, 1.807) is 0 Å². The summed E-state index contributed by atoms with van der Waals surface area (Å²) in [5.74, 6) is -1.91. The van der Waals surface area contributed by atoms with E-state index in [-0.39, 0.29) is 26.9 Å². The molecule has 0 unspecified atom stereocenters. The molecular formula is C14H8ClN3O4S. The lowest BCUT2D eigenvalue weighted by molar-refractivity contribution is 0.0703. The third-order valence-corrected chi connectivity index (χ3v) is 4.35. The first-order chi connectivity index (χ1) is 11.0. The number of hydrogen-bond acceptors (Lipinski definition) is 6. The Bertz CT molecular complexity index is 941. The third-order valence-electron chi connectivity index (χ3n) is 2.97. The molecule has 1 amide bonds. The number of nitrogens with one attached hydrogen (secondary N) is 1. The number of aromatic carboxylic acids is 1. The van der Waals surface area contributed by atoms with Crippen LogP contribution in [-0.4, -0.2) is 32.1 Å². The van der Waals surface area contributed by atoms with Gasteiger partial charge in [0.25, 0.3) is 5.91 Å². The van der Waals surface area contributed by atoms with Crippen molar-refractivity contribution in [1.82, 2.24) is 9.97 Å². The van der Waals surface area contributed by atoms with Gasteiger partial charge in [0.15, 0.2) is 0 Å². The van der Waals surface area contributed by atoms with Gasteiger partial charge in [-0.1, -0.05) is 11.6 Å². The van der Waals surface area contributed by atoms with Gasteiger partial charge in [-0.15, -0.1) is 11.3 Å². The van der Waals surface area contributed by atoms with Crippen LogP contribution in [0.1, 0.15) is 20.0 Å². The number of rotatable bonds is 3. The van der Waals surface area contributed by atoms with Gasteiger partial charge in [-0.05, 0) is 18.2 Å². The summed E-state index contributed by atoms with van der Waals surface area (Å²) >= 11 is 6.69. The number of anilines is 1. The maximum Gasteiger partial charge on any atom is 0.348 e. The van der Waals surface area contributed by atoms with Crippen LogP contribution in [0.2, 0.25) is 5.02 Å². The van der Waals surface area contributed by atoms with E-state index in [9.17, 15) is 19.8 Å². The molecular weight excluding hydrogens is 342 g/mol. The molecule has 0 fully saturated rings. The van der Waals surface area contributed by atoms with Crippen molar-refractivity contribution in [2.24, 2.45) is 0 Å². The molecule has 0 aliphatic carbocycles. The highest BCUT2D eigenvalue weighted by Gasteiger charge is 2.22. The van der Waals surface area contributed by atoms with E-state index in [0.29, 0.717) is 10.3 Å². The average Bonchev–Trinajstić information content (AvgIpc) is 2.89. The van der Waals surface area contributed by atoms with Crippen LogP contribution >= 0.6 is 22.9 Å². The zero-order valence-electron chi connectivity index (χ0n) is 11.3. The summed E-state index contributed by atoms with van der Waals surface area (Å²) in [5.41, 5.74) is 0.556. The van der Waals surface area contributed by atoms with Crippen molar-refractivity contribution >= 4 is 50.8 Å². The van der Waals surface area contributed by atoms with Crippen molar-refractivity contribution in [3.63, 3.8) is 0 Å². The Morgan fingerprint density at radius 1 is 1.22 bits per heavy atom. The van der Waals surface area contributed by atoms with Crippen molar-refractivity contribution in [3.05, 3.63) is 46.1 Å². The predicted molar refractivity (Wildman–Crippen MR) is 85.4 cm³/mol. The Kier molecular flexibility index (Phi) is 3.85. The SMILES string of the molecule is O=C(Nc1c(C(=O)O)sc2nccnc12)c1ccc(O)c(Cl)c1. The molecule has 0 aliphatic heterocycles. The van der Waals surface area contributed by atoms with Gasteiger partial charge in [0.05, 0.1) is 10.7 Å². The third kappa shape index (κ3) is 2.81. The van der Waals surface area contributed by atoms with Gasteiger partial charge < -0.3 is 15.5 Å². The van der Waals surface area contributed by atoms with Crippen molar-refractivity contribution in [3.8, 4) is 5.75 Å². The number of halogens is 1. The number of thiophene rings is 1. The zero-order valence-corrected chi connectivity index (χ0v) is 12.9. The molecule has 3 aromatic rings. The number of phenolic OH excluding ortho intramolecular Hbond substituents is 1. The van der Waals surface area contributed by atoms with E-state index >= 15 is 0 Å². The number of aromatic hydroxyl groups is 1. The number of carbonyl (C=O) groups is 2. The molecule has 23 heavy (non-hydrogen) atoms. The number of amides is 1. The van der Waals surface area contributed by atoms with Crippen LogP contribution in [0.5, 0.6) is 5.75 Å². The maximum atomic E-state index is 12.3. The van der Waals surface area contributed by atoms with E-state index in [1.165, 1.54) is 30.6 Å². The summed E-state index contributed by atoms with van der Waals surface area (Å²) in [6.45, 7) is 0. The van der Waals surface area contributed by atoms with Crippen LogP contribution in [-0.2, 0) is 0 Å². The number of aromatic nitrogens is 2. The van der Waals surface area contributed by atoms with E-state index in [1.807, 2.05) is 0 Å². The molecule has 7 nitrogen and oxygen atoms in total. The maximum absolute atomic E-state index is 12.3. The molecule has 0 spiro atoms. The molecule has 116 valence electrons. The monoisotopic (exact) mass is 349 g/mol. The van der Waals surface area contributed by atoms with Crippen LogP contribution in [0.15, 0.2) is 30.6 Å². The zero-order chi connectivity index (χ0) is 16.6. The summed E-state index contributed by atoms with van der Waals surface area (Å²) in [7, 11) is 0. The van der Waals surface area contributed by atoms with E-state index in [2.05, 4.69) is 15.3 Å². The minimum absolute atomic E-state index is 0.0195. The number of carbonyl (C=O) groups excluding carboxylic acids is 1. The van der Waals surface area contributed by atoms with Crippen LogP contribution < -0.4 is 5.32 Å². The molecule has 0 atom stereocenters. The summed E-state index contributed by atoms with van der Waals surface area (Å²) in [5, 5.41) is 21.2. The van der Waals surface area contributed by atoms with E-state index in [4.69, 9.17) is 11.6 Å². The first kappa shape index (κ1) is 15.2. The topological polar surface area (TPSA) is 112 Å². The Morgan fingerprint density at radius 3 is 2.65 bits per heavy atom. The van der Waals surface area contributed by atoms with Gasteiger partial charge in [-0.3, -0.25) is 4.79 Å². The molecule has 1 aromatic carbocycles. The lowest BCUT2D eigenvalue weighted by Gasteiger charge is -2.06. The second kappa shape index (κ2) is 5.82. The number of hydrogen-bond donors (Lipinski definition) is 3. The van der Waals surface area contributed by atoms with Crippen molar-refractivity contribution in [2.75, 3.05) is 5.32 Å². The fourth-order valence-electron chi connectivity index (χ4n) is 1.93. The normalized spacial score (nSPS) is 10.7. The predicted octanol–water partition coefficient (Wildman–Crippen LogP) is 3.00. The Morgan fingerprint density at radius 2 is 1.96 bits per heavy atom. The number of nitrogens with zero attached hydrogens (tertiary/aromatic N) is 2. The lowest BCUT2D eigenvalue weighted by Crippen LogP contribution is -2.13. The molecule has 0 saturated heterocycles. The number of fused-ring (bicyclic) bond motifs is 1. The van der Waals surface area contributed by atoms with Gasteiger partial charge in [-0.25, -0.2) is 14.8 Å². The number of phenols is 1. The molecule has 0 radical (unpaired) electrons. The number of benzene rings is 1. The van der Waals surface area contributed by atoms with Crippen LogP contribution in [0.4, 0.5) is 5.69 Å². The van der Waals surface area contributed by atoms with Gasteiger partial charge in [0.2, 0.25) is 0 Å². The standard InChI is InChI=1S/C14H8ClN3O4S/c15-7-5-6(1-2-8(7)19)12(20)18-9-10-13(17-4-3-16-10)23-11(9)14(21)22/h1-5,19H,(H,18,20)(H,21,22). The molecule has 2 aromatic heterocycles. The van der Waals surface area contributed by atoms with Crippen LogP contribution in [0.25, 0.3) is 10.3 Å². The minimum atomic E-state index is -1.19. The Balaban J connectivity index is 2.03. The molecule has 0 aliphatic rings. The minimum Gasteiger partial charge on any atom is -0.506 e. The molecule has 0 saturated carbocycles. The highest BCUT2D eigenvalue weighted by molar-refractivity contribution is 7.21. The van der Waals surface area contributed by atoms with Gasteiger partial charge in [0, 0.05) is 18.0 Å². The highest BCUT2D eigenvalue weighted by Crippen LogP contribution is 2.33. The summed E-state index contributed by atoms with van der Waals surface area (Å²) in [4.78, 5) is 32.1. The van der Waals surface area contributed by atoms with Crippen molar-refractivity contribution in [2.45, 2.75) is 0 Å². The first-order valence-electron chi connectivity index (χ1n) is 6.24. The lowest BCUT2D eigenvalue weighted by atomic mass is 10.2. The number of carboxylic acid groups (broad SMARTS) is 1. The smallest absolute Gasteiger partial charge is 0.348 e. The molecule has 9 heteroatoms. The highest BCUT2D eigenvalue weighted by atomic mass is 35.5. The summed E-state index contributed by atoms with van der Waals surface area (Å²) in [6, 6.07) is 3.94. The molecule has 0 bridgehead atoms. The number of carboxylic acids is 1. The van der Waals surface area contributed by atoms with Gasteiger partial charge in [-0.2, -0.15) is 0 Å². The Hall–Kier alpha value is -2.71. The van der Waals surface area contributed by atoms with E-state index in [0.717, 1.165) is 11.3 Å². The summed E-state index contributed by atoms with van der Waals surface area (Å²) < 4.78 is 0. The average molecular weight is 350 g/mol. The fourth-order valence-corrected chi connectivity index (χ4v) is 3.00. The first-order valence-corrected chi connectivity index (χ1v) is 7.43. The largest absolute Gasteiger partial charge is 0.506 e. The van der Waals surface area contributed by atoms with Crippen molar-refractivity contribution in [1.29, 1.82) is 0 Å². The summed E-state index contributed by atoms with van der Waals surface area (Å²) in [6.07, 6.45) is 2.85. The van der Waals surface area contributed by atoms with Crippen LogP contribution in [0.3, 0.4) is 0 Å². The quantitative estimate of drug-likeness (QED) is 0.670. The molecule has 3 rings (SSSR count). The van der Waals surface area contributed by atoms with Gasteiger partial charge >= 0.3 is 5.97 Å². The Labute approximate surface area is 138 Å². The second-order valence-electron chi connectivity index (χ2n) is 4.44.